The van der Waals surface area contributed by atoms with Gasteiger partial charge < -0.3 is 20.5 Å². The quantitative estimate of drug-likeness (QED) is 0.155. The number of rotatable bonds is 8. The number of nitrogens with one attached hydrogen (secondary N) is 2. The van der Waals surface area contributed by atoms with E-state index in [1.165, 1.54) is 48.9 Å². The number of aromatic carboxylic acids is 1. The maximum Gasteiger partial charge on any atom is 0.446 e. The number of carbonyl (C=O) groups excluding carboxylic acids is 2. The van der Waals surface area contributed by atoms with Crippen LogP contribution in [0.1, 0.15) is 27.1 Å². The molecule has 1 heterocycles. The van der Waals surface area contributed by atoms with Crippen LogP contribution in [0.15, 0.2) is 64.9 Å². The molecule has 2 bridgehead atoms. The summed E-state index contributed by atoms with van der Waals surface area (Å²) in [6.45, 7) is 0. The van der Waals surface area contributed by atoms with Crippen LogP contribution < -0.4 is 15.4 Å². The molecule has 4 atom stereocenters. The van der Waals surface area contributed by atoms with Crippen molar-refractivity contribution in [2.24, 2.45) is 17.8 Å². The minimum absolute atomic E-state index is 0.00281. The van der Waals surface area contributed by atoms with E-state index in [1.54, 1.807) is 0 Å². The van der Waals surface area contributed by atoms with E-state index in [1.807, 2.05) is 12.2 Å². The molecule has 1 aromatic heterocycles. The van der Waals surface area contributed by atoms with Gasteiger partial charge in [0.05, 0.1) is 24.2 Å². The normalized spacial score (nSPS) is 21.1. The standard InChI is InChI=1S/C28H22F4N2O5S2/c1-39-21-11-20(29)18(22-8-15(12-40-22)27(37)38)10-19(21)25(35)34-24-14-6-5-13(7-14)23(24)26(36)33-16-3-2-4-17(9-16)41-28(30,31)32/h2-6,8-14,23-24H,7H2,1H3,(H,33,36)(H,34,35)(H,37,38). The maximum atomic E-state index is 14.9. The zero-order valence-corrected chi connectivity index (χ0v) is 22.8. The molecule has 3 aromatic rings. The number of alkyl halides is 3. The zero-order valence-electron chi connectivity index (χ0n) is 21.2. The third-order valence-electron chi connectivity index (χ3n) is 7.04. The lowest BCUT2D eigenvalue weighted by atomic mass is 9.87. The van der Waals surface area contributed by atoms with Gasteiger partial charge in [0.2, 0.25) is 5.91 Å². The van der Waals surface area contributed by atoms with Gasteiger partial charge in [0.25, 0.3) is 5.91 Å². The highest BCUT2D eigenvalue weighted by Crippen LogP contribution is 2.45. The summed E-state index contributed by atoms with van der Waals surface area (Å²) < 4.78 is 58.6. The Bertz CT molecular complexity index is 1550. The van der Waals surface area contributed by atoms with Crippen molar-refractivity contribution in [1.29, 1.82) is 0 Å². The number of methoxy groups -OCH3 is 1. The Morgan fingerprint density at radius 3 is 2.54 bits per heavy atom. The lowest BCUT2D eigenvalue weighted by molar-refractivity contribution is -0.121. The van der Waals surface area contributed by atoms with Crippen LogP contribution in [0.5, 0.6) is 5.75 Å². The number of hydrogen-bond acceptors (Lipinski definition) is 6. The fourth-order valence-electron chi connectivity index (χ4n) is 5.28. The van der Waals surface area contributed by atoms with E-state index < -0.39 is 41.1 Å². The first-order chi connectivity index (χ1) is 19.4. The molecule has 0 radical (unpaired) electrons. The summed E-state index contributed by atoms with van der Waals surface area (Å²) in [5.41, 5.74) is -4.28. The first-order valence-corrected chi connectivity index (χ1v) is 14.0. The molecule has 1 fully saturated rings. The van der Waals surface area contributed by atoms with Crippen molar-refractivity contribution in [1.82, 2.24) is 5.32 Å². The summed E-state index contributed by atoms with van der Waals surface area (Å²) in [4.78, 5) is 38.4. The smallest absolute Gasteiger partial charge is 0.446 e. The maximum absolute atomic E-state index is 14.9. The molecule has 0 aliphatic heterocycles. The molecule has 3 N–H and O–H groups in total. The fourth-order valence-corrected chi connectivity index (χ4v) is 6.78. The molecule has 5 rings (SSSR count). The largest absolute Gasteiger partial charge is 0.496 e. The number of thioether (sulfide) groups is 1. The van der Waals surface area contributed by atoms with Gasteiger partial charge in [-0.15, -0.1) is 11.3 Å². The van der Waals surface area contributed by atoms with E-state index >= 15 is 0 Å². The highest BCUT2D eigenvalue weighted by atomic mass is 32.2. The highest BCUT2D eigenvalue weighted by molar-refractivity contribution is 8.00. The molecule has 2 aromatic carbocycles. The number of fused-ring (bicyclic) bond motifs is 2. The van der Waals surface area contributed by atoms with Crippen LogP contribution in [0, 0.1) is 23.6 Å². The number of amides is 2. The van der Waals surface area contributed by atoms with Gasteiger partial charge in [0, 0.05) is 38.5 Å². The predicted octanol–water partition coefficient (Wildman–Crippen LogP) is 6.43. The number of halogens is 4. The Morgan fingerprint density at radius 1 is 1.10 bits per heavy atom. The van der Waals surface area contributed by atoms with Gasteiger partial charge in [0.1, 0.15) is 11.6 Å². The van der Waals surface area contributed by atoms with Crippen LogP contribution in [0.3, 0.4) is 0 Å². The van der Waals surface area contributed by atoms with Crippen LogP contribution in [0.4, 0.5) is 23.2 Å². The van der Waals surface area contributed by atoms with Crippen LogP contribution in [-0.2, 0) is 4.79 Å². The average Bonchev–Trinajstić information content (AvgIpc) is 3.64. The molecule has 41 heavy (non-hydrogen) atoms. The van der Waals surface area contributed by atoms with Crippen molar-refractivity contribution in [3.63, 3.8) is 0 Å². The number of hydrogen-bond donors (Lipinski definition) is 3. The average molecular weight is 607 g/mol. The summed E-state index contributed by atoms with van der Waals surface area (Å²) in [5, 5.41) is 16.1. The SMILES string of the molecule is COc1cc(F)c(-c2cc(C(=O)O)cs2)cc1C(=O)NC1C2C=CC(C2)C1C(=O)Nc1cccc(SC(F)(F)F)c1. The van der Waals surface area contributed by atoms with Gasteiger partial charge in [-0.1, -0.05) is 18.2 Å². The molecule has 7 nitrogen and oxygen atoms in total. The topological polar surface area (TPSA) is 105 Å². The van der Waals surface area contributed by atoms with Crippen LogP contribution in [0.25, 0.3) is 10.4 Å². The molecular formula is C28H22F4N2O5S2. The van der Waals surface area contributed by atoms with Crippen molar-refractivity contribution < 1.29 is 41.8 Å². The van der Waals surface area contributed by atoms with Gasteiger partial charge in [-0.3, -0.25) is 9.59 Å². The number of allylic oxidation sites excluding steroid dienone is 1. The third kappa shape index (κ3) is 6.10. The van der Waals surface area contributed by atoms with E-state index in [4.69, 9.17) is 4.74 Å². The summed E-state index contributed by atoms with van der Waals surface area (Å²) in [6, 6.07) is 8.42. The van der Waals surface area contributed by atoms with E-state index in [9.17, 15) is 37.1 Å². The third-order valence-corrected chi connectivity index (χ3v) is 8.73. The predicted molar refractivity (Wildman–Crippen MR) is 146 cm³/mol. The molecule has 2 amide bonds. The molecule has 13 heteroatoms. The number of thiophene rings is 1. The minimum atomic E-state index is -4.48. The molecule has 1 saturated carbocycles. The van der Waals surface area contributed by atoms with E-state index in [-0.39, 0.29) is 56.6 Å². The van der Waals surface area contributed by atoms with Crippen LogP contribution in [0.2, 0.25) is 0 Å². The molecule has 214 valence electrons. The monoisotopic (exact) mass is 606 g/mol. The molecule has 0 saturated heterocycles. The van der Waals surface area contributed by atoms with Gasteiger partial charge >= 0.3 is 11.5 Å². The molecule has 0 spiro atoms. The zero-order chi connectivity index (χ0) is 29.5. The second kappa shape index (κ2) is 11.2. The Balaban J connectivity index is 1.38. The lowest BCUT2D eigenvalue weighted by Crippen LogP contribution is -2.47. The number of ether oxygens (including phenoxy) is 1. The van der Waals surface area contributed by atoms with Crippen molar-refractivity contribution >= 4 is 46.6 Å². The Labute approximate surface area is 239 Å². The van der Waals surface area contributed by atoms with E-state index in [2.05, 4.69) is 10.6 Å². The second-order valence-corrected chi connectivity index (χ2v) is 11.6. The molecule has 2 aliphatic carbocycles. The van der Waals surface area contributed by atoms with Gasteiger partial charge in [-0.25, -0.2) is 9.18 Å². The van der Waals surface area contributed by atoms with Crippen molar-refractivity contribution in [2.45, 2.75) is 22.9 Å². The van der Waals surface area contributed by atoms with Crippen LogP contribution >= 0.6 is 23.1 Å². The summed E-state index contributed by atoms with van der Waals surface area (Å²) in [5.74, 6) is -4.04. The molecular weight excluding hydrogens is 584 g/mol. The highest BCUT2D eigenvalue weighted by Gasteiger charge is 2.49. The Hall–Kier alpha value is -3.84. The first-order valence-electron chi connectivity index (χ1n) is 12.3. The second-order valence-electron chi connectivity index (χ2n) is 9.58. The van der Waals surface area contributed by atoms with Gasteiger partial charge in [0.15, 0.2) is 0 Å². The summed E-state index contributed by atoms with van der Waals surface area (Å²) in [6.07, 6.45) is 4.40. The fraction of sp³-hybridized carbons (Fsp3) is 0.250. The molecule has 4 unspecified atom stereocenters. The first kappa shape index (κ1) is 28.7. The number of anilines is 1. The summed E-state index contributed by atoms with van der Waals surface area (Å²) >= 11 is 0.725. The van der Waals surface area contributed by atoms with E-state index in [0.29, 0.717) is 11.3 Å². The van der Waals surface area contributed by atoms with E-state index in [0.717, 1.165) is 17.4 Å². The number of carboxylic acid groups (broad SMARTS) is 1. The van der Waals surface area contributed by atoms with Crippen molar-refractivity contribution in [2.75, 3.05) is 12.4 Å². The number of benzene rings is 2. The van der Waals surface area contributed by atoms with Crippen LogP contribution in [-0.4, -0.2) is 41.6 Å². The Morgan fingerprint density at radius 2 is 1.85 bits per heavy atom. The minimum Gasteiger partial charge on any atom is -0.496 e. The lowest BCUT2D eigenvalue weighted by Gasteiger charge is -2.28. The summed E-state index contributed by atoms with van der Waals surface area (Å²) in [7, 11) is 1.28. The number of carbonyl (C=O) groups is 3. The van der Waals surface area contributed by atoms with Crippen molar-refractivity contribution in [3.05, 3.63) is 76.9 Å². The Kier molecular flexibility index (Phi) is 7.84. The number of carboxylic acids is 1. The van der Waals surface area contributed by atoms with Crippen molar-refractivity contribution in [3.8, 4) is 16.2 Å². The molecule has 2 aliphatic rings. The van der Waals surface area contributed by atoms with Gasteiger partial charge in [-0.2, -0.15) is 13.2 Å². The van der Waals surface area contributed by atoms with Gasteiger partial charge in [-0.05, 0) is 60.4 Å².